The molecular weight excluding hydrogens is 328 g/mol. The number of nitrogens with zero attached hydrogens (tertiary/aromatic N) is 2. The molecule has 6 nitrogen and oxygen atoms in total. The summed E-state index contributed by atoms with van der Waals surface area (Å²) < 4.78 is 5.32. The van der Waals surface area contributed by atoms with Crippen LogP contribution in [-0.4, -0.2) is 21.7 Å². The van der Waals surface area contributed by atoms with Gasteiger partial charge in [0.1, 0.15) is 17.7 Å². The first kappa shape index (κ1) is 18.2. The van der Waals surface area contributed by atoms with Crippen molar-refractivity contribution in [2.24, 2.45) is 0 Å². The number of carbonyl (C=O) groups is 1. The number of anilines is 2. The van der Waals surface area contributed by atoms with Crippen LogP contribution >= 0.6 is 0 Å². The average molecular weight is 354 g/mol. The van der Waals surface area contributed by atoms with Crippen LogP contribution < -0.4 is 10.6 Å². The maximum absolute atomic E-state index is 12.0. The van der Waals surface area contributed by atoms with E-state index in [4.69, 9.17) is 4.74 Å². The molecule has 0 spiro atoms. The zero-order valence-electron chi connectivity index (χ0n) is 15.8. The summed E-state index contributed by atoms with van der Waals surface area (Å²) in [5.41, 5.74) is 3.69. The number of ether oxygens (including phenoxy) is 1. The molecule has 1 atom stereocenters. The van der Waals surface area contributed by atoms with Crippen molar-refractivity contribution in [1.82, 2.24) is 9.97 Å². The van der Waals surface area contributed by atoms with Crippen LogP contribution in [0.3, 0.4) is 0 Å². The van der Waals surface area contributed by atoms with E-state index in [-0.39, 0.29) is 6.04 Å². The lowest BCUT2D eigenvalue weighted by atomic mass is 9.87. The van der Waals surface area contributed by atoms with Crippen molar-refractivity contribution >= 4 is 17.6 Å². The Hall–Kier alpha value is -2.63. The quantitative estimate of drug-likeness (QED) is 0.841. The Balaban J connectivity index is 1.73. The molecule has 1 amide bonds. The molecule has 6 heteroatoms. The van der Waals surface area contributed by atoms with Crippen molar-refractivity contribution in [3.63, 3.8) is 0 Å². The fraction of sp³-hybridized carbons (Fsp3) is 0.450. The zero-order chi connectivity index (χ0) is 18.7. The van der Waals surface area contributed by atoms with Crippen molar-refractivity contribution in [2.75, 3.05) is 10.6 Å². The topological polar surface area (TPSA) is 76.1 Å². The van der Waals surface area contributed by atoms with Crippen LogP contribution in [0.5, 0.6) is 0 Å². The molecule has 0 saturated carbocycles. The second-order valence-corrected chi connectivity index (χ2v) is 7.67. The van der Waals surface area contributed by atoms with E-state index >= 15 is 0 Å². The summed E-state index contributed by atoms with van der Waals surface area (Å²) in [6.45, 7) is 7.51. The van der Waals surface area contributed by atoms with Gasteiger partial charge in [0.25, 0.3) is 0 Å². The molecule has 1 aliphatic rings. The molecule has 1 aliphatic carbocycles. The Morgan fingerprint density at radius 2 is 2.04 bits per heavy atom. The molecule has 2 aromatic rings. The minimum atomic E-state index is -0.511. The SMILES string of the molecule is Cc1cc(NC2CCCc3cc(NC(=O)OC(C)(C)C)ccc32)ncn1. The number of nitrogens with one attached hydrogen (secondary N) is 2. The van der Waals surface area contributed by atoms with Crippen molar-refractivity contribution in [3.8, 4) is 0 Å². The molecule has 3 rings (SSSR count). The van der Waals surface area contributed by atoms with Crippen molar-refractivity contribution in [3.05, 3.63) is 47.4 Å². The number of amides is 1. The summed E-state index contributed by atoms with van der Waals surface area (Å²) in [6, 6.07) is 8.20. The van der Waals surface area contributed by atoms with Gasteiger partial charge in [0.2, 0.25) is 0 Å². The smallest absolute Gasteiger partial charge is 0.412 e. The van der Waals surface area contributed by atoms with Gasteiger partial charge in [0, 0.05) is 17.4 Å². The lowest BCUT2D eigenvalue weighted by Gasteiger charge is -2.27. The third-order valence-corrected chi connectivity index (χ3v) is 4.23. The molecule has 1 heterocycles. The van der Waals surface area contributed by atoms with Gasteiger partial charge in [0.15, 0.2) is 0 Å². The van der Waals surface area contributed by atoms with Gasteiger partial charge in [0.05, 0.1) is 6.04 Å². The Morgan fingerprint density at radius 3 is 2.77 bits per heavy atom. The lowest BCUT2D eigenvalue weighted by molar-refractivity contribution is 0.0636. The van der Waals surface area contributed by atoms with Gasteiger partial charge in [-0.2, -0.15) is 0 Å². The summed E-state index contributed by atoms with van der Waals surface area (Å²) >= 11 is 0. The van der Waals surface area contributed by atoms with Crippen molar-refractivity contribution in [2.45, 2.75) is 58.6 Å². The molecular formula is C20H26N4O2. The number of carbonyl (C=O) groups excluding carboxylic acids is 1. The van der Waals surface area contributed by atoms with Gasteiger partial charge in [-0.1, -0.05) is 6.07 Å². The summed E-state index contributed by atoms with van der Waals surface area (Å²) in [5, 5.41) is 6.32. The van der Waals surface area contributed by atoms with Gasteiger partial charge in [-0.15, -0.1) is 0 Å². The van der Waals surface area contributed by atoms with E-state index in [1.807, 2.05) is 45.9 Å². The van der Waals surface area contributed by atoms with E-state index in [9.17, 15) is 4.79 Å². The maximum Gasteiger partial charge on any atom is 0.412 e. The molecule has 0 bridgehead atoms. The van der Waals surface area contributed by atoms with Gasteiger partial charge in [-0.05, 0) is 70.2 Å². The zero-order valence-corrected chi connectivity index (χ0v) is 15.8. The summed E-state index contributed by atoms with van der Waals surface area (Å²) in [6.07, 6.45) is 4.29. The lowest BCUT2D eigenvalue weighted by Crippen LogP contribution is -2.27. The third-order valence-electron chi connectivity index (χ3n) is 4.23. The van der Waals surface area contributed by atoms with Gasteiger partial charge in [-0.25, -0.2) is 14.8 Å². The second kappa shape index (κ2) is 7.32. The van der Waals surface area contributed by atoms with Crippen LogP contribution in [0, 0.1) is 6.92 Å². The van der Waals surface area contributed by atoms with Crippen molar-refractivity contribution < 1.29 is 9.53 Å². The molecule has 138 valence electrons. The maximum atomic E-state index is 12.0. The Morgan fingerprint density at radius 1 is 1.23 bits per heavy atom. The van der Waals surface area contributed by atoms with Gasteiger partial charge >= 0.3 is 6.09 Å². The number of hydrogen-bond donors (Lipinski definition) is 2. The van der Waals surface area contributed by atoms with E-state index in [0.29, 0.717) is 0 Å². The summed E-state index contributed by atoms with van der Waals surface area (Å²) in [5.74, 6) is 0.839. The highest BCUT2D eigenvalue weighted by Gasteiger charge is 2.22. The highest BCUT2D eigenvalue weighted by Crippen LogP contribution is 2.33. The van der Waals surface area contributed by atoms with Crippen LogP contribution in [0.4, 0.5) is 16.3 Å². The second-order valence-electron chi connectivity index (χ2n) is 7.67. The Labute approximate surface area is 154 Å². The monoisotopic (exact) mass is 354 g/mol. The van der Waals surface area contributed by atoms with E-state index in [2.05, 4.69) is 26.7 Å². The fourth-order valence-electron chi connectivity index (χ4n) is 3.18. The Bertz CT molecular complexity index is 799. The van der Waals surface area contributed by atoms with Gasteiger partial charge < -0.3 is 10.1 Å². The molecule has 0 radical (unpaired) electrons. The van der Waals surface area contributed by atoms with Crippen LogP contribution in [-0.2, 0) is 11.2 Å². The minimum absolute atomic E-state index is 0.212. The molecule has 1 aromatic carbocycles. The van der Waals surface area contributed by atoms with Crippen LogP contribution in [0.25, 0.3) is 0 Å². The van der Waals surface area contributed by atoms with E-state index < -0.39 is 11.7 Å². The normalized spacial score (nSPS) is 16.5. The molecule has 0 aliphatic heterocycles. The molecule has 0 saturated heterocycles. The number of rotatable bonds is 3. The molecule has 0 fully saturated rings. The van der Waals surface area contributed by atoms with E-state index in [1.54, 1.807) is 6.33 Å². The minimum Gasteiger partial charge on any atom is -0.444 e. The molecule has 1 aromatic heterocycles. The number of fused-ring (bicyclic) bond motifs is 1. The molecule has 2 N–H and O–H groups in total. The third kappa shape index (κ3) is 4.71. The Kier molecular flexibility index (Phi) is 5.11. The van der Waals surface area contributed by atoms with Crippen LogP contribution in [0.15, 0.2) is 30.6 Å². The predicted molar refractivity (Wildman–Crippen MR) is 102 cm³/mol. The first-order valence-corrected chi connectivity index (χ1v) is 8.98. The summed E-state index contributed by atoms with van der Waals surface area (Å²) in [4.78, 5) is 20.4. The predicted octanol–water partition coefficient (Wildman–Crippen LogP) is 4.62. The highest BCUT2D eigenvalue weighted by molar-refractivity contribution is 5.85. The van der Waals surface area contributed by atoms with Crippen LogP contribution in [0.2, 0.25) is 0 Å². The van der Waals surface area contributed by atoms with Gasteiger partial charge in [-0.3, -0.25) is 5.32 Å². The van der Waals surface area contributed by atoms with E-state index in [0.717, 1.165) is 36.5 Å². The standard InChI is InChI=1S/C20H26N4O2/c1-13-10-18(22-12-21-13)24-17-7-5-6-14-11-15(8-9-16(14)17)23-19(25)26-20(2,3)4/h8-12,17H,5-7H2,1-4H3,(H,23,25)(H,21,22,24). The highest BCUT2D eigenvalue weighted by atomic mass is 16.6. The number of aryl methyl sites for hydroxylation is 2. The van der Waals surface area contributed by atoms with E-state index in [1.165, 1.54) is 11.1 Å². The fourth-order valence-corrected chi connectivity index (χ4v) is 3.18. The first-order chi connectivity index (χ1) is 12.3. The number of hydrogen-bond acceptors (Lipinski definition) is 5. The largest absolute Gasteiger partial charge is 0.444 e. The molecule has 1 unspecified atom stereocenters. The number of benzene rings is 1. The first-order valence-electron chi connectivity index (χ1n) is 8.98. The van der Waals surface area contributed by atoms with Crippen molar-refractivity contribution in [1.29, 1.82) is 0 Å². The summed E-state index contributed by atoms with van der Waals surface area (Å²) in [7, 11) is 0. The average Bonchev–Trinajstić information content (AvgIpc) is 2.53. The molecule has 26 heavy (non-hydrogen) atoms. The van der Waals surface area contributed by atoms with Crippen LogP contribution in [0.1, 0.15) is 56.5 Å². The number of aromatic nitrogens is 2.